The molecule has 0 aliphatic rings. The quantitative estimate of drug-likeness (QED) is 0.433. The van der Waals surface area contributed by atoms with Crippen molar-refractivity contribution in [2.24, 2.45) is 0 Å². The van der Waals surface area contributed by atoms with Crippen LogP contribution in [0.15, 0.2) is 0 Å². The molecular formula is C12H22FNO4. The smallest absolute Gasteiger partial charge is 0.434 e. The summed E-state index contributed by atoms with van der Waals surface area (Å²) in [5.41, 5.74) is -1.53. The first kappa shape index (κ1) is 16.8. The molecule has 5 nitrogen and oxygen atoms in total. The molecule has 0 radical (unpaired) electrons. The Morgan fingerprint density at radius 3 is 2.44 bits per heavy atom. The monoisotopic (exact) mass is 263 g/mol. The Hall–Kier alpha value is -1.17. The normalized spacial score (nSPS) is 12.9. The van der Waals surface area contributed by atoms with Crippen molar-refractivity contribution < 1.29 is 23.5 Å². The molecule has 0 fully saturated rings. The first-order chi connectivity index (χ1) is 8.30. The van der Waals surface area contributed by atoms with Crippen molar-refractivity contribution in [1.82, 2.24) is 5.32 Å². The first-order valence-corrected chi connectivity index (χ1v) is 6.04. The van der Waals surface area contributed by atoms with Gasteiger partial charge in [-0.1, -0.05) is 13.3 Å². The Balaban J connectivity index is 4.15. The van der Waals surface area contributed by atoms with Crippen molar-refractivity contribution in [3.63, 3.8) is 0 Å². The van der Waals surface area contributed by atoms with Crippen molar-refractivity contribution in [3.05, 3.63) is 0 Å². The van der Waals surface area contributed by atoms with Crippen LogP contribution in [0.5, 0.6) is 0 Å². The number of esters is 1. The van der Waals surface area contributed by atoms with Gasteiger partial charge in [-0.05, 0) is 27.3 Å². The number of carbonyl (C=O) groups excluding carboxylic acids is 2. The van der Waals surface area contributed by atoms with Crippen molar-refractivity contribution in [3.8, 4) is 0 Å². The fourth-order valence-corrected chi connectivity index (χ4v) is 1.27. The van der Waals surface area contributed by atoms with Crippen LogP contribution in [-0.4, -0.2) is 37.5 Å². The number of ether oxygens (including phenoxy) is 2. The third kappa shape index (κ3) is 8.00. The highest BCUT2D eigenvalue weighted by Gasteiger charge is 2.29. The molecule has 0 amide bonds. The Morgan fingerprint density at radius 2 is 2.00 bits per heavy atom. The summed E-state index contributed by atoms with van der Waals surface area (Å²) in [6, 6.07) is -0.872. The van der Waals surface area contributed by atoms with Crippen molar-refractivity contribution >= 4 is 12.1 Å². The van der Waals surface area contributed by atoms with E-state index in [0.717, 1.165) is 6.42 Å². The Bertz CT molecular complexity index is 276. The number of carbonyl (C=O) groups is 2. The van der Waals surface area contributed by atoms with E-state index in [-0.39, 0.29) is 13.0 Å². The number of nitrogens with one attached hydrogen (secondary N) is 1. The highest BCUT2D eigenvalue weighted by atomic mass is 19.1. The average Bonchev–Trinajstić information content (AvgIpc) is 2.24. The number of likely N-dealkylation sites (N-methyl/N-ethyl adjacent to an activating group) is 1. The lowest BCUT2D eigenvalue weighted by atomic mass is 10.0. The highest BCUT2D eigenvalue weighted by Crippen LogP contribution is 2.16. The average molecular weight is 263 g/mol. The first-order valence-electron chi connectivity index (χ1n) is 6.04. The third-order valence-electron chi connectivity index (χ3n) is 2.22. The van der Waals surface area contributed by atoms with E-state index in [9.17, 15) is 14.0 Å². The number of alkyl halides is 1. The number of hydrogen-bond donors (Lipinski definition) is 1. The molecule has 18 heavy (non-hydrogen) atoms. The lowest BCUT2D eigenvalue weighted by molar-refractivity contribution is -0.143. The predicted molar refractivity (Wildman–Crippen MR) is 65.0 cm³/mol. The summed E-state index contributed by atoms with van der Waals surface area (Å²) < 4.78 is 22.5. The molecule has 1 N–H and O–H groups in total. The maximum Gasteiger partial charge on any atom is 0.516 e. The molecule has 1 atom stereocenters. The summed E-state index contributed by atoms with van der Waals surface area (Å²) in [5.74, 6) is -0.829. The Morgan fingerprint density at radius 1 is 1.39 bits per heavy atom. The van der Waals surface area contributed by atoms with Gasteiger partial charge in [0.05, 0.1) is 6.61 Å². The molecule has 0 spiro atoms. The van der Waals surface area contributed by atoms with E-state index in [0.29, 0.717) is 6.42 Å². The van der Waals surface area contributed by atoms with E-state index < -0.39 is 23.8 Å². The van der Waals surface area contributed by atoms with Crippen LogP contribution in [0.1, 0.15) is 40.0 Å². The molecule has 0 aromatic rings. The zero-order chi connectivity index (χ0) is 14.2. The van der Waals surface area contributed by atoms with Crippen LogP contribution in [0.4, 0.5) is 9.18 Å². The van der Waals surface area contributed by atoms with Crippen molar-refractivity contribution in [1.29, 1.82) is 0 Å². The van der Waals surface area contributed by atoms with Crippen molar-refractivity contribution in [2.45, 2.75) is 51.7 Å². The van der Waals surface area contributed by atoms with Gasteiger partial charge in [-0.25, -0.2) is 14.0 Å². The fourth-order valence-electron chi connectivity index (χ4n) is 1.27. The third-order valence-corrected chi connectivity index (χ3v) is 2.22. The van der Waals surface area contributed by atoms with Crippen molar-refractivity contribution in [2.75, 3.05) is 13.7 Å². The molecule has 6 heteroatoms. The topological polar surface area (TPSA) is 64.6 Å². The van der Waals surface area contributed by atoms with Gasteiger partial charge in [-0.2, -0.15) is 0 Å². The van der Waals surface area contributed by atoms with Crippen LogP contribution >= 0.6 is 0 Å². The summed E-state index contributed by atoms with van der Waals surface area (Å²) in [6.07, 6.45) is 0.461. The maximum absolute atomic E-state index is 13.4. The molecule has 0 aliphatic carbocycles. The van der Waals surface area contributed by atoms with Gasteiger partial charge in [0.25, 0.3) is 0 Å². The van der Waals surface area contributed by atoms with E-state index >= 15 is 0 Å². The molecule has 106 valence electrons. The van der Waals surface area contributed by atoms with Crippen LogP contribution in [0, 0.1) is 0 Å². The van der Waals surface area contributed by atoms with E-state index in [1.165, 1.54) is 20.9 Å². The summed E-state index contributed by atoms with van der Waals surface area (Å²) >= 11 is 0. The van der Waals surface area contributed by atoms with Crippen LogP contribution in [0.2, 0.25) is 0 Å². The van der Waals surface area contributed by atoms with E-state index in [1.807, 2.05) is 6.92 Å². The minimum Gasteiger partial charge on any atom is -0.434 e. The number of halogens is 1. The van der Waals surface area contributed by atoms with Gasteiger partial charge in [0.1, 0.15) is 11.7 Å². The molecule has 0 saturated heterocycles. The van der Waals surface area contributed by atoms with Gasteiger partial charge in [-0.15, -0.1) is 0 Å². The largest absolute Gasteiger partial charge is 0.516 e. The molecule has 0 bridgehead atoms. The summed E-state index contributed by atoms with van der Waals surface area (Å²) in [4.78, 5) is 22.7. The second kappa shape index (κ2) is 8.02. The second-order valence-corrected chi connectivity index (χ2v) is 4.64. The van der Waals surface area contributed by atoms with Gasteiger partial charge < -0.3 is 14.8 Å². The van der Waals surface area contributed by atoms with Crippen LogP contribution in [0.3, 0.4) is 0 Å². The molecule has 0 saturated carbocycles. The Labute approximate surface area is 107 Å². The molecular weight excluding hydrogens is 241 g/mol. The van der Waals surface area contributed by atoms with E-state index in [1.54, 1.807) is 0 Å². The number of unbranched alkanes of at least 4 members (excludes halogenated alkanes) is 1. The predicted octanol–water partition coefficient (Wildman–Crippen LogP) is 2.19. The van der Waals surface area contributed by atoms with Gasteiger partial charge in [-0.3, -0.25) is 0 Å². The van der Waals surface area contributed by atoms with Gasteiger partial charge in [0, 0.05) is 6.42 Å². The van der Waals surface area contributed by atoms with Crippen LogP contribution in [-0.2, 0) is 14.3 Å². The van der Waals surface area contributed by atoms with Gasteiger partial charge in [0.15, 0.2) is 0 Å². The molecule has 0 aliphatic heterocycles. The molecule has 0 aromatic heterocycles. The minimum atomic E-state index is -1.53. The van der Waals surface area contributed by atoms with Gasteiger partial charge in [0.2, 0.25) is 0 Å². The van der Waals surface area contributed by atoms with Gasteiger partial charge >= 0.3 is 12.1 Å². The molecule has 0 aromatic carbocycles. The Kier molecular flexibility index (Phi) is 7.50. The summed E-state index contributed by atoms with van der Waals surface area (Å²) in [7, 11) is 1.50. The zero-order valence-corrected chi connectivity index (χ0v) is 11.4. The standard InChI is InChI=1S/C12H22FNO4/c1-5-6-7-17-11(16)18-10(15)9(14-4)8-12(2,3)13/h9,14H,5-8H2,1-4H3/t9-/m0/s1. The summed E-state index contributed by atoms with van der Waals surface area (Å²) in [6.45, 7) is 4.86. The van der Waals surface area contributed by atoms with E-state index in [2.05, 4.69) is 14.8 Å². The highest BCUT2D eigenvalue weighted by molar-refractivity contribution is 5.85. The van der Waals surface area contributed by atoms with Crippen LogP contribution in [0.25, 0.3) is 0 Å². The molecule has 0 unspecified atom stereocenters. The maximum atomic E-state index is 13.4. The SMILES string of the molecule is CCCCOC(=O)OC(=O)[C@H](CC(C)(C)F)NC. The lowest BCUT2D eigenvalue weighted by Gasteiger charge is -2.20. The second-order valence-electron chi connectivity index (χ2n) is 4.64. The number of hydrogen-bond acceptors (Lipinski definition) is 5. The van der Waals surface area contributed by atoms with Crippen LogP contribution < -0.4 is 5.32 Å². The molecule has 0 rings (SSSR count). The minimum absolute atomic E-state index is 0.0788. The fraction of sp³-hybridized carbons (Fsp3) is 0.833. The summed E-state index contributed by atoms with van der Waals surface area (Å²) in [5, 5.41) is 2.61. The molecule has 0 heterocycles. The zero-order valence-electron chi connectivity index (χ0n) is 11.4. The van der Waals surface area contributed by atoms with E-state index in [4.69, 9.17) is 0 Å². The lowest BCUT2D eigenvalue weighted by Crippen LogP contribution is -2.41. The number of rotatable bonds is 7.